The third-order valence-corrected chi connectivity index (χ3v) is 4.32. The van der Waals surface area contributed by atoms with Gasteiger partial charge in [-0.1, -0.05) is 23.0 Å². The average Bonchev–Trinajstić information content (AvgIpc) is 2.31. The van der Waals surface area contributed by atoms with Crippen molar-refractivity contribution in [1.82, 2.24) is 9.97 Å². The smallest absolute Gasteiger partial charge is 0.208 e. The normalized spacial score (nSPS) is 10.9. The highest BCUT2D eigenvalue weighted by Crippen LogP contribution is 2.42. The minimum Gasteiger partial charge on any atom is -0.495 e. The first-order valence-corrected chi connectivity index (χ1v) is 6.39. The molecule has 16 heavy (non-hydrogen) atoms. The molecule has 0 fully saturated rings. The van der Waals surface area contributed by atoms with Crippen molar-refractivity contribution in [2.45, 2.75) is 10.1 Å². The quantitative estimate of drug-likeness (QED) is 0.635. The van der Waals surface area contributed by atoms with E-state index in [1.807, 2.05) is 36.4 Å². The molecular formula is C11H10N2OS2. The second kappa shape index (κ2) is 5.05. The van der Waals surface area contributed by atoms with E-state index in [0.29, 0.717) is 0 Å². The third kappa shape index (κ3) is 2.37. The highest BCUT2D eigenvalue weighted by Gasteiger charge is 2.15. The molecule has 0 amide bonds. The summed E-state index contributed by atoms with van der Waals surface area (Å²) in [5.74, 6) is 0. The van der Waals surface area contributed by atoms with Crippen LogP contribution in [0.2, 0.25) is 0 Å². The number of aromatic nitrogens is 2. The molecule has 3 nitrogen and oxygen atoms in total. The molecule has 2 rings (SSSR count). The second-order valence-electron chi connectivity index (χ2n) is 2.99. The van der Waals surface area contributed by atoms with Gasteiger partial charge in [0.2, 0.25) is 4.38 Å². The molecule has 0 saturated heterocycles. The van der Waals surface area contributed by atoms with Crippen LogP contribution in [-0.4, -0.2) is 19.5 Å². The molecule has 82 valence electrons. The van der Waals surface area contributed by atoms with Gasteiger partial charge in [0.1, 0.15) is 0 Å². The van der Waals surface area contributed by atoms with E-state index in [0.717, 1.165) is 10.1 Å². The van der Waals surface area contributed by atoms with Gasteiger partial charge in [-0.2, -0.15) is 0 Å². The lowest BCUT2D eigenvalue weighted by Gasteiger charge is -2.16. The first-order chi connectivity index (χ1) is 7.79. The molecule has 0 saturated carbocycles. The average molecular weight is 250 g/mol. The van der Waals surface area contributed by atoms with Gasteiger partial charge in [-0.25, -0.2) is 0 Å². The van der Waals surface area contributed by atoms with Crippen LogP contribution < -0.4 is 0 Å². The summed E-state index contributed by atoms with van der Waals surface area (Å²) in [4.78, 5) is 8.44. The highest BCUT2D eigenvalue weighted by molar-refractivity contribution is 8.35. The molecule has 0 unspecified atom stereocenters. The molecule has 2 aromatic heterocycles. The summed E-state index contributed by atoms with van der Waals surface area (Å²) in [6.07, 6.45) is 3.37. The lowest BCUT2D eigenvalue weighted by molar-refractivity contribution is 0.584. The number of aliphatic hydroxyl groups excluding tert-OH is 1. The number of hydrogen-bond acceptors (Lipinski definition) is 3. The van der Waals surface area contributed by atoms with Crippen molar-refractivity contribution < 1.29 is 5.11 Å². The van der Waals surface area contributed by atoms with Crippen molar-refractivity contribution in [2.24, 2.45) is 0 Å². The molecule has 5 heteroatoms. The third-order valence-electron chi connectivity index (χ3n) is 1.95. The summed E-state index contributed by atoms with van der Waals surface area (Å²) in [6, 6.07) is 11.1. The number of thiol groups is 1. The molecule has 1 N–H and O–H groups in total. The fourth-order valence-electron chi connectivity index (χ4n) is 1.29. The van der Waals surface area contributed by atoms with Crippen LogP contribution in [0.25, 0.3) is 0 Å². The number of aliphatic hydroxyl groups is 1. The zero-order valence-corrected chi connectivity index (χ0v) is 10.0. The number of hydrogen-bond donors (Lipinski definition) is 2. The molecular weight excluding hydrogens is 240 g/mol. The van der Waals surface area contributed by atoms with Gasteiger partial charge in [-0.3, -0.25) is 9.97 Å². The molecule has 0 spiro atoms. The van der Waals surface area contributed by atoms with E-state index in [2.05, 4.69) is 9.97 Å². The predicted octanol–water partition coefficient (Wildman–Crippen LogP) is 2.74. The molecule has 0 aliphatic heterocycles. The van der Waals surface area contributed by atoms with Crippen molar-refractivity contribution in [3.8, 4) is 0 Å². The summed E-state index contributed by atoms with van der Waals surface area (Å²) in [5, 5.41) is 11.1. The molecule has 2 heterocycles. The Morgan fingerprint density at radius 3 is 1.81 bits per heavy atom. The Balaban J connectivity index is 2.44. The van der Waals surface area contributed by atoms with Crippen molar-refractivity contribution in [2.75, 3.05) is 0 Å². The lowest BCUT2D eigenvalue weighted by Crippen LogP contribution is -2.00. The summed E-state index contributed by atoms with van der Waals surface area (Å²) in [7, 11) is -1.15. The lowest BCUT2D eigenvalue weighted by atomic mass is 10.5. The summed E-state index contributed by atoms with van der Waals surface area (Å²) in [6.45, 7) is 0. The zero-order valence-electron chi connectivity index (χ0n) is 8.32. The first-order valence-electron chi connectivity index (χ1n) is 4.64. The van der Waals surface area contributed by atoms with Crippen LogP contribution in [0.5, 0.6) is 0 Å². The van der Waals surface area contributed by atoms with E-state index in [1.165, 1.54) is 0 Å². The summed E-state index contributed by atoms with van der Waals surface area (Å²) in [5.41, 5.74) is 0. The van der Waals surface area contributed by atoms with Gasteiger partial charge in [0.25, 0.3) is 0 Å². The maximum absolute atomic E-state index is 9.60. The van der Waals surface area contributed by atoms with Gasteiger partial charge >= 0.3 is 0 Å². The van der Waals surface area contributed by atoms with E-state index in [-0.39, 0.29) is 4.38 Å². The Hall–Kier alpha value is -1.46. The maximum Gasteiger partial charge on any atom is 0.208 e. The van der Waals surface area contributed by atoms with Crippen molar-refractivity contribution in [1.29, 1.82) is 0 Å². The standard InChI is InChI=1S/C11H10N2OS2/c14-11(15)16(9-5-1-3-7-12-9)10-6-2-4-8-13-10/h1-8,16H,(H,14,15). The minimum absolute atomic E-state index is 0.0487. The first kappa shape index (κ1) is 11.0. The van der Waals surface area contributed by atoms with Crippen LogP contribution in [0.4, 0.5) is 0 Å². The SMILES string of the molecule is OC(=S)[SH](c1ccccn1)c1ccccn1. The zero-order chi connectivity index (χ0) is 11.4. The minimum atomic E-state index is -1.15. The fraction of sp³-hybridized carbons (Fsp3) is 0. The van der Waals surface area contributed by atoms with E-state index in [4.69, 9.17) is 12.2 Å². The van der Waals surface area contributed by atoms with Crippen molar-refractivity contribution in [3.05, 3.63) is 48.8 Å². The largest absolute Gasteiger partial charge is 0.495 e. The van der Waals surface area contributed by atoms with Gasteiger partial charge in [0, 0.05) is 12.4 Å². The fourth-order valence-corrected chi connectivity index (χ4v) is 3.31. The summed E-state index contributed by atoms with van der Waals surface area (Å²) >= 11 is 4.89. The highest BCUT2D eigenvalue weighted by atomic mass is 32.2. The molecule has 0 aliphatic rings. The van der Waals surface area contributed by atoms with Gasteiger partial charge in [-0.05, 0) is 36.5 Å². The Bertz CT molecular complexity index is 436. The maximum atomic E-state index is 9.60. The van der Waals surface area contributed by atoms with E-state index in [1.54, 1.807) is 12.4 Å². The van der Waals surface area contributed by atoms with Gasteiger partial charge < -0.3 is 5.11 Å². The van der Waals surface area contributed by atoms with Crippen molar-refractivity contribution in [3.63, 3.8) is 0 Å². The number of thiocarbonyl (C=S) groups is 1. The number of rotatable bonds is 2. The topological polar surface area (TPSA) is 46.0 Å². The van der Waals surface area contributed by atoms with Crippen LogP contribution in [0.15, 0.2) is 58.8 Å². The molecule has 0 bridgehead atoms. The van der Waals surface area contributed by atoms with Crippen molar-refractivity contribution >= 4 is 27.5 Å². The number of nitrogens with zero attached hydrogens (tertiary/aromatic N) is 2. The molecule has 0 radical (unpaired) electrons. The van der Waals surface area contributed by atoms with Crippen LogP contribution in [0.1, 0.15) is 0 Å². The second-order valence-corrected chi connectivity index (χ2v) is 5.69. The van der Waals surface area contributed by atoms with E-state index >= 15 is 0 Å². The Labute approximate surface area is 102 Å². The van der Waals surface area contributed by atoms with Crippen LogP contribution in [-0.2, 0) is 0 Å². The Kier molecular flexibility index (Phi) is 3.48. The van der Waals surface area contributed by atoms with Gasteiger partial charge in [0.15, 0.2) is 0 Å². The monoisotopic (exact) mass is 250 g/mol. The molecule has 0 atom stereocenters. The number of pyridine rings is 2. The Morgan fingerprint density at radius 2 is 1.50 bits per heavy atom. The van der Waals surface area contributed by atoms with Gasteiger partial charge in [-0.15, -0.1) is 0 Å². The predicted molar refractivity (Wildman–Crippen MR) is 69.2 cm³/mol. The summed E-state index contributed by atoms with van der Waals surface area (Å²) < 4.78 is -0.0487. The molecule has 0 aromatic carbocycles. The van der Waals surface area contributed by atoms with Crippen LogP contribution in [0.3, 0.4) is 0 Å². The van der Waals surface area contributed by atoms with Crippen LogP contribution >= 0.6 is 23.1 Å². The van der Waals surface area contributed by atoms with E-state index < -0.39 is 10.9 Å². The molecule has 2 aromatic rings. The Morgan fingerprint density at radius 1 is 1.00 bits per heavy atom. The van der Waals surface area contributed by atoms with Crippen LogP contribution in [0, 0.1) is 0 Å². The molecule has 0 aliphatic carbocycles. The van der Waals surface area contributed by atoms with Gasteiger partial charge in [0.05, 0.1) is 10.1 Å². The van der Waals surface area contributed by atoms with E-state index in [9.17, 15) is 5.11 Å².